The van der Waals surface area contributed by atoms with Crippen molar-refractivity contribution in [2.45, 2.75) is 45.6 Å². The van der Waals surface area contributed by atoms with Crippen LogP contribution in [0.5, 0.6) is 0 Å². The van der Waals surface area contributed by atoms with E-state index in [4.69, 9.17) is 4.74 Å². The van der Waals surface area contributed by atoms with Crippen LogP contribution in [0.1, 0.15) is 51.1 Å². The highest BCUT2D eigenvalue weighted by molar-refractivity contribution is 7.22. The molecule has 2 aromatic heterocycles. The number of ether oxygens (including phenoxy) is 1. The van der Waals surface area contributed by atoms with E-state index < -0.39 is 5.41 Å². The molecule has 3 rings (SSSR count). The second-order valence-corrected chi connectivity index (χ2v) is 10.2. The lowest BCUT2D eigenvalue weighted by atomic mass is 9.88. The lowest BCUT2D eigenvalue weighted by Crippen LogP contribution is -2.27. The zero-order valence-corrected chi connectivity index (χ0v) is 20.8. The van der Waals surface area contributed by atoms with Crippen LogP contribution in [0.2, 0.25) is 0 Å². The normalized spacial score (nSPS) is 12.8. The molecule has 178 valence electrons. The third-order valence-corrected chi connectivity index (χ3v) is 6.66. The minimum atomic E-state index is -0.705. The number of amides is 1. The summed E-state index contributed by atoms with van der Waals surface area (Å²) in [5, 5.41) is 3.44. The summed E-state index contributed by atoms with van der Waals surface area (Å²) in [7, 11) is 5.53. The molecule has 9 heteroatoms. The van der Waals surface area contributed by atoms with Crippen LogP contribution in [0.4, 0.5) is 5.13 Å². The van der Waals surface area contributed by atoms with Gasteiger partial charge in [0.1, 0.15) is 0 Å². The Kier molecular flexibility index (Phi) is 8.20. The van der Waals surface area contributed by atoms with Gasteiger partial charge in [-0.15, -0.1) is 0 Å². The smallest absolute Gasteiger partial charge is 0.311 e. The number of nitrogens with one attached hydrogen (secondary N) is 1. The average Bonchev–Trinajstić information content (AvgIpc) is 3.43. The van der Waals surface area contributed by atoms with Crippen LogP contribution in [0.3, 0.4) is 0 Å². The molecule has 1 unspecified atom stereocenters. The minimum Gasteiger partial charge on any atom is -0.469 e. The molecule has 3 aromatic rings. The molecule has 0 aliphatic carbocycles. The van der Waals surface area contributed by atoms with Gasteiger partial charge in [-0.05, 0) is 71.4 Å². The molecule has 0 radical (unpaired) electrons. The number of carbonyl (C=O) groups is 2. The molecule has 0 spiro atoms. The monoisotopic (exact) mass is 471 g/mol. The summed E-state index contributed by atoms with van der Waals surface area (Å²) < 4.78 is 7.98. The summed E-state index contributed by atoms with van der Waals surface area (Å²) in [6.07, 6.45) is 8.35. The molecule has 1 aromatic carbocycles. The molecule has 0 saturated carbocycles. The van der Waals surface area contributed by atoms with E-state index in [1.54, 1.807) is 20.0 Å². The fraction of sp³-hybridized carbons (Fsp3) is 0.500. The summed E-state index contributed by atoms with van der Waals surface area (Å²) in [5.74, 6) is -0.480. The third kappa shape index (κ3) is 6.61. The molecular weight excluding hydrogens is 438 g/mol. The predicted molar refractivity (Wildman–Crippen MR) is 131 cm³/mol. The number of methoxy groups -OCH3 is 1. The first-order chi connectivity index (χ1) is 15.7. The molecule has 8 nitrogen and oxygen atoms in total. The quantitative estimate of drug-likeness (QED) is 0.419. The molecule has 0 fully saturated rings. The highest BCUT2D eigenvalue weighted by Crippen LogP contribution is 2.32. The minimum absolute atomic E-state index is 0.161. The van der Waals surface area contributed by atoms with Crippen molar-refractivity contribution in [1.29, 1.82) is 0 Å². The van der Waals surface area contributed by atoms with Crippen molar-refractivity contribution in [3.05, 3.63) is 42.5 Å². The van der Waals surface area contributed by atoms with Crippen molar-refractivity contribution >= 4 is 38.6 Å². The molecule has 0 aliphatic rings. The summed E-state index contributed by atoms with van der Waals surface area (Å²) >= 11 is 1.46. The van der Waals surface area contributed by atoms with Crippen LogP contribution in [-0.4, -0.2) is 59.1 Å². The van der Waals surface area contributed by atoms with Crippen LogP contribution >= 0.6 is 11.3 Å². The molecular formula is C24H33N5O3S. The van der Waals surface area contributed by atoms with Crippen LogP contribution in [-0.2, 0) is 14.3 Å². The maximum atomic E-state index is 12.4. The maximum Gasteiger partial charge on any atom is 0.311 e. The molecule has 1 amide bonds. The topological polar surface area (TPSA) is 89.4 Å². The number of fused-ring (bicyclic) bond motifs is 1. The lowest BCUT2D eigenvalue weighted by Gasteiger charge is -2.20. The van der Waals surface area contributed by atoms with Gasteiger partial charge in [0.15, 0.2) is 5.13 Å². The summed E-state index contributed by atoms with van der Waals surface area (Å²) in [4.78, 5) is 35.2. The number of carbonyl (C=O) groups excluding carboxylic acids is 2. The summed E-state index contributed by atoms with van der Waals surface area (Å²) in [6, 6.07) is 6.46. The lowest BCUT2D eigenvalue weighted by molar-refractivity contribution is -0.151. The summed E-state index contributed by atoms with van der Waals surface area (Å²) in [5.41, 5.74) is 1.34. The predicted octanol–water partition coefficient (Wildman–Crippen LogP) is 4.34. The van der Waals surface area contributed by atoms with Crippen molar-refractivity contribution in [2.24, 2.45) is 5.41 Å². The number of benzene rings is 1. The van der Waals surface area contributed by atoms with Crippen LogP contribution in [0.15, 0.2) is 36.9 Å². The number of rotatable bonds is 11. The van der Waals surface area contributed by atoms with Gasteiger partial charge in [0, 0.05) is 18.8 Å². The number of nitrogens with zero attached hydrogens (tertiary/aromatic N) is 4. The third-order valence-electron chi connectivity index (χ3n) is 5.73. The van der Waals surface area contributed by atoms with Gasteiger partial charge in [0.2, 0.25) is 5.91 Å². The molecule has 1 N–H and O–H groups in total. The van der Waals surface area contributed by atoms with Crippen molar-refractivity contribution < 1.29 is 14.3 Å². The van der Waals surface area contributed by atoms with E-state index in [0.717, 1.165) is 29.6 Å². The Labute approximate surface area is 199 Å². The van der Waals surface area contributed by atoms with E-state index in [0.29, 0.717) is 11.6 Å². The SMILES string of the molecule is COC(=O)C(C)(C)CCC(=O)Nc1nc2ccc(C(CCCN(C)C)n3ccnc3)cc2s1. The van der Waals surface area contributed by atoms with Gasteiger partial charge in [-0.1, -0.05) is 17.4 Å². The second kappa shape index (κ2) is 10.9. The molecule has 0 saturated heterocycles. The second-order valence-electron chi connectivity index (χ2n) is 9.14. The van der Waals surface area contributed by atoms with Gasteiger partial charge in [-0.3, -0.25) is 9.59 Å². The summed E-state index contributed by atoms with van der Waals surface area (Å²) in [6.45, 7) is 4.58. The largest absolute Gasteiger partial charge is 0.469 e. The first-order valence-corrected chi connectivity index (χ1v) is 11.9. The van der Waals surface area contributed by atoms with Gasteiger partial charge >= 0.3 is 5.97 Å². The van der Waals surface area contributed by atoms with Gasteiger partial charge < -0.3 is 19.5 Å². The standard InChI is InChI=1S/C24H33N5O3S/c1-24(2,22(31)32-5)11-10-21(30)27-23-26-18-9-8-17(15-20(18)33-23)19(7-6-13-28(3)4)29-14-12-25-16-29/h8-9,12,14-16,19H,6-7,10-11,13H2,1-5H3,(H,26,27,30). The zero-order chi connectivity index (χ0) is 24.0. The number of thiazole rings is 1. The Morgan fingerprint density at radius 2 is 2.09 bits per heavy atom. The average molecular weight is 472 g/mol. The van der Waals surface area contributed by atoms with Gasteiger partial charge in [0.25, 0.3) is 0 Å². The van der Waals surface area contributed by atoms with Crippen LogP contribution < -0.4 is 5.32 Å². The number of hydrogen-bond acceptors (Lipinski definition) is 7. The van der Waals surface area contributed by atoms with E-state index in [2.05, 4.69) is 51.0 Å². The van der Waals surface area contributed by atoms with E-state index in [-0.39, 0.29) is 24.3 Å². The van der Waals surface area contributed by atoms with Gasteiger partial charge in [-0.25, -0.2) is 9.97 Å². The van der Waals surface area contributed by atoms with Crippen LogP contribution in [0, 0.1) is 5.41 Å². The van der Waals surface area contributed by atoms with Gasteiger partial charge in [-0.2, -0.15) is 0 Å². The van der Waals surface area contributed by atoms with Crippen LogP contribution in [0.25, 0.3) is 10.2 Å². The van der Waals surface area contributed by atoms with E-state index in [1.807, 2.05) is 18.6 Å². The first-order valence-electron chi connectivity index (χ1n) is 11.1. The highest BCUT2D eigenvalue weighted by Gasteiger charge is 2.29. The Hall–Kier alpha value is -2.78. The Morgan fingerprint density at radius 1 is 1.30 bits per heavy atom. The molecule has 2 heterocycles. The van der Waals surface area contributed by atoms with Crippen molar-refractivity contribution in [2.75, 3.05) is 33.1 Å². The van der Waals surface area contributed by atoms with E-state index in [1.165, 1.54) is 24.0 Å². The highest BCUT2D eigenvalue weighted by atomic mass is 32.1. The number of hydrogen-bond donors (Lipinski definition) is 1. The number of esters is 1. The van der Waals surface area contributed by atoms with Crippen molar-refractivity contribution in [1.82, 2.24) is 19.4 Å². The number of aromatic nitrogens is 3. The number of anilines is 1. The van der Waals surface area contributed by atoms with E-state index in [9.17, 15) is 9.59 Å². The van der Waals surface area contributed by atoms with Crippen molar-refractivity contribution in [3.63, 3.8) is 0 Å². The van der Waals surface area contributed by atoms with E-state index >= 15 is 0 Å². The van der Waals surface area contributed by atoms with Crippen molar-refractivity contribution in [3.8, 4) is 0 Å². The van der Waals surface area contributed by atoms with Gasteiger partial charge in [0.05, 0.1) is 35.1 Å². The molecule has 0 aliphatic heterocycles. The molecule has 1 atom stereocenters. The molecule has 0 bridgehead atoms. The Bertz CT molecular complexity index is 1080. The first kappa shape index (κ1) is 24.9. The zero-order valence-electron chi connectivity index (χ0n) is 20.0. The fourth-order valence-electron chi connectivity index (χ4n) is 3.73. The fourth-order valence-corrected chi connectivity index (χ4v) is 4.66. The Balaban J connectivity index is 1.71. The maximum absolute atomic E-state index is 12.4. The number of imidazole rings is 1. The molecule has 33 heavy (non-hydrogen) atoms. The Morgan fingerprint density at radius 3 is 2.76 bits per heavy atom.